The molecule has 146 valence electrons. The van der Waals surface area contributed by atoms with Crippen molar-refractivity contribution in [1.82, 2.24) is 4.90 Å². The van der Waals surface area contributed by atoms with Gasteiger partial charge in [0, 0.05) is 25.8 Å². The highest BCUT2D eigenvalue weighted by molar-refractivity contribution is 5.78. The van der Waals surface area contributed by atoms with Crippen LogP contribution < -0.4 is 10.1 Å². The summed E-state index contributed by atoms with van der Waals surface area (Å²) in [5, 5.41) is 3.43. The van der Waals surface area contributed by atoms with E-state index in [9.17, 15) is 13.6 Å². The smallest absolute Gasteiger partial charge is 0.387 e. The molecule has 0 spiro atoms. The number of amides is 1. The van der Waals surface area contributed by atoms with E-state index in [2.05, 4.69) is 17.0 Å². The Bertz CT molecular complexity index is 716. The van der Waals surface area contributed by atoms with Crippen LogP contribution >= 0.6 is 0 Å². The first-order valence-electron chi connectivity index (χ1n) is 8.93. The molecule has 0 aromatic heterocycles. The molecule has 27 heavy (non-hydrogen) atoms. The summed E-state index contributed by atoms with van der Waals surface area (Å²) < 4.78 is 28.7. The lowest BCUT2D eigenvalue weighted by molar-refractivity contribution is -0.127. The largest absolute Gasteiger partial charge is 0.435 e. The van der Waals surface area contributed by atoms with Crippen molar-refractivity contribution in [2.24, 2.45) is 0 Å². The summed E-state index contributed by atoms with van der Waals surface area (Å²) >= 11 is 0. The van der Waals surface area contributed by atoms with E-state index in [4.69, 9.17) is 0 Å². The first-order valence-corrected chi connectivity index (χ1v) is 8.93. The minimum absolute atomic E-state index is 0.0778. The van der Waals surface area contributed by atoms with E-state index in [1.807, 2.05) is 24.3 Å². The van der Waals surface area contributed by atoms with Gasteiger partial charge in [-0.25, -0.2) is 0 Å². The summed E-state index contributed by atoms with van der Waals surface area (Å²) in [4.78, 5) is 13.3. The topological polar surface area (TPSA) is 41.6 Å². The van der Waals surface area contributed by atoms with Gasteiger partial charge in [-0.3, -0.25) is 4.79 Å². The van der Waals surface area contributed by atoms with E-state index in [1.54, 1.807) is 43.3 Å². The Kier molecular flexibility index (Phi) is 7.58. The Labute approximate surface area is 159 Å². The number of ether oxygens (including phenoxy) is 1. The summed E-state index contributed by atoms with van der Waals surface area (Å²) in [5.41, 5.74) is 3.06. The van der Waals surface area contributed by atoms with Crippen LogP contribution in [-0.2, 0) is 17.6 Å². The number of aryl methyl sites for hydroxylation is 1. The van der Waals surface area contributed by atoms with Crippen LogP contribution in [-0.4, -0.2) is 37.6 Å². The fraction of sp³-hybridized carbons (Fsp3) is 0.381. The molecule has 2 rings (SSSR count). The van der Waals surface area contributed by atoms with Crippen LogP contribution in [0.4, 0.5) is 14.5 Å². The summed E-state index contributed by atoms with van der Waals surface area (Å²) in [5.74, 6) is 0.252. The minimum atomic E-state index is -2.80. The van der Waals surface area contributed by atoms with Crippen molar-refractivity contribution in [1.29, 1.82) is 0 Å². The van der Waals surface area contributed by atoms with E-state index >= 15 is 0 Å². The third-order valence-corrected chi connectivity index (χ3v) is 4.24. The van der Waals surface area contributed by atoms with E-state index in [-0.39, 0.29) is 17.7 Å². The zero-order valence-corrected chi connectivity index (χ0v) is 15.9. The van der Waals surface area contributed by atoms with Crippen LogP contribution in [0.25, 0.3) is 0 Å². The van der Waals surface area contributed by atoms with Crippen LogP contribution in [0, 0.1) is 0 Å². The third kappa shape index (κ3) is 7.25. The number of halogens is 2. The standard InChI is InChI=1S/C21H26F2N2O2/c1-15(4-5-16-8-12-19(13-9-16)27-21(22)23)24-18-10-6-17(7-11-18)14-20(26)25(2)3/h6-13,15,21,24H,4-5,14H2,1-3H3. The van der Waals surface area contributed by atoms with Crippen molar-refractivity contribution in [2.75, 3.05) is 19.4 Å². The molecule has 0 fully saturated rings. The van der Waals surface area contributed by atoms with Crippen molar-refractivity contribution < 1.29 is 18.3 Å². The van der Waals surface area contributed by atoms with Crippen molar-refractivity contribution in [3.63, 3.8) is 0 Å². The molecular weight excluding hydrogens is 350 g/mol. The number of likely N-dealkylation sites (N-methyl/N-ethyl adjacent to an activating group) is 1. The van der Waals surface area contributed by atoms with Gasteiger partial charge < -0.3 is 15.0 Å². The molecule has 0 saturated heterocycles. The number of nitrogens with zero attached hydrogens (tertiary/aromatic N) is 1. The fourth-order valence-corrected chi connectivity index (χ4v) is 2.63. The monoisotopic (exact) mass is 376 g/mol. The van der Waals surface area contributed by atoms with Gasteiger partial charge in [0.1, 0.15) is 5.75 Å². The predicted molar refractivity (Wildman–Crippen MR) is 103 cm³/mol. The lowest BCUT2D eigenvalue weighted by Gasteiger charge is -2.16. The molecule has 2 aromatic rings. The van der Waals surface area contributed by atoms with Crippen molar-refractivity contribution in [2.45, 2.75) is 38.8 Å². The van der Waals surface area contributed by atoms with Crippen molar-refractivity contribution in [3.8, 4) is 5.75 Å². The lowest BCUT2D eigenvalue weighted by atomic mass is 10.1. The molecule has 1 amide bonds. The van der Waals surface area contributed by atoms with Crippen LogP contribution in [0.2, 0.25) is 0 Å². The van der Waals surface area contributed by atoms with Crippen molar-refractivity contribution >= 4 is 11.6 Å². The Balaban J connectivity index is 1.79. The highest BCUT2D eigenvalue weighted by Crippen LogP contribution is 2.17. The quantitative estimate of drug-likeness (QED) is 0.707. The number of nitrogens with one attached hydrogen (secondary N) is 1. The lowest BCUT2D eigenvalue weighted by Crippen LogP contribution is -2.23. The van der Waals surface area contributed by atoms with Gasteiger partial charge in [-0.2, -0.15) is 8.78 Å². The maximum absolute atomic E-state index is 12.2. The van der Waals surface area contributed by atoms with E-state index in [0.717, 1.165) is 29.7 Å². The second-order valence-corrected chi connectivity index (χ2v) is 6.77. The van der Waals surface area contributed by atoms with Gasteiger partial charge in [0.25, 0.3) is 0 Å². The molecule has 0 radical (unpaired) electrons. The van der Waals surface area contributed by atoms with Gasteiger partial charge in [-0.15, -0.1) is 0 Å². The Morgan fingerprint density at radius 3 is 2.19 bits per heavy atom. The summed E-state index contributed by atoms with van der Waals surface area (Å²) in [7, 11) is 3.50. The molecule has 1 atom stereocenters. The summed E-state index contributed by atoms with van der Waals surface area (Å²) in [6, 6.07) is 14.9. The van der Waals surface area contributed by atoms with Gasteiger partial charge in [-0.1, -0.05) is 24.3 Å². The molecule has 0 saturated carbocycles. The highest BCUT2D eigenvalue weighted by Gasteiger charge is 2.07. The van der Waals surface area contributed by atoms with Crippen LogP contribution in [0.15, 0.2) is 48.5 Å². The Morgan fingerprint density at radius 1 is 1.04 bits per heavy atom. The average molecular weight is 376 g/mol. The van der Waals surface area contributed by atoms with Gasteiger partial charge in [-0.05, 0) is 55.2 Å². The van der Waals surface area contributed by atoms with Crippen LogP contribution in [0.1, 0.15) is 24.5 Å². The molecule has 0 aliphatic carbocycles. The Hall–Kier alpha value is -2.63. The number of rotatable bonds is 9. The number of anilines is 1. The summed E-state index contributed by atoms with van der Waals surface area (Å²) in [6.07, 6.45) is 2.13. The molecule has 6 heteroatoms. The van der Waals surface area contributed by atoms with E-state index < -0.39 is 6.61 Å². The molecule has 0 aliphatic heterocycles. The SMILES string of the molecule is CC(CCc1ccc(OC(F)F)cc1)Nc1ccc(CC(=O)N(C)C)cc1. The van der Waals surface area contributed by atoms with Gasteiger partial charge in [0.05, 0.1) is 6.42 Å². The van der Waals surface area contributed by atoms with E-state index in [1.165, 1.54) is 0 Å². The number of benzene rings is 2. The predicted octanol–water partition coefficient (Wildman–Crippen LogP) is 4.35. The maximum atomic E-state index is 12.2. The van der Waals surface area contributed by atoms with Crippen LogP contribution in [0.5, 0.6) is 5.75 Å². The van der Waals surface area contributed by atoms with Crippen molar-refractivity contribution in [3.05, 3.63) is 59.7 Å². The number of carbonyl (C=O) groups is 1. The minimum Gasteiger partial charge on any atom is -0.435 e. The molecule has 0 aliphatic rings. The van der Waals surface area contributed by atoms with Gasteiger partial charge in [0.15, 0.2) is 0 Å². The molecule has 0 bridgehead atoms. The molecule has 4 nitrogen and oxygen atoms in total. The number of hydrogen-bond acceptors (Lipinski definition) is 3. The summed E-state index contributed by atoms with van der Waals surface area (Å²) in [6.45, 7) is -0.704. The first kappa shape index (κ1) is 20.7. The highest BCUT2D eigenvalue weighted by atomic mass is 19.3. The fourth-order valence-electron chi connectivity index (χ4n) is 2.63. The number of carbonyl (C=O) groups excluding carboxylic acids is 1. The Morgan fingerprint density at radius 2 is 1.63 bits per heavy atom. The molecule has 2 aromatic carbocycles. The zero-order chi connectivity index (χ0) is 19.8. The number of hydrogen-bond donors (Lipinski definition) is 1. The molecule has 1 unspecified atom stereocenters. The molecular formula is C21H26F2N2O2. The molecule has 1 N–H and O–H groups in total. The zero-order valence-electron chi connectivity index (χ0n) is 15.9. The second kappa shape index (κ2) is 9.90. The van der Waals surface area contributed by atoms with E-state index in [0.29, 0.717) is 6.42 Å². The second-order valence-electron chi connectivity index (χ2n) is 6.77. The normalized spacial score (nSPS) is 11.9. The van der Waals surface area contributed by atoms with Crippen LogP contribution in [0.3, 0.4) is 0 Å². The third-order valence-electron chi connectivity index (χ3n) is 4.24. The number of alkyl halides is 2. The average Bonchev–Trinajstić information content (AvgIpc) is 2.62. The van der Waals surface area contributed by atoms with Gasteiger partial charge >= 0.3 is 6.61 Å². The van der Waals surface area contributed by atoms with Gasteiger partial charge in [0.2, 0.25) is 5.91 Å². The first-order chi connectivity index (χ1) is 12.8. The molecule has 0 heterocycles. The maximum Gasteiger partial charge on any atom is 0.387 e.